The van der Waals surface area contributed by atoms with Gasteiger partial charge < -0.3 is 10.1 Å². The zero-order valence-corrected chi connectivity index (χ0v) is 13.2. The first-order valence-electron chi connectivity index (χ1n) is 7.50. The fourth-order valence-corrected chi connectivity index (χ4v) is 4.47. The van der Waals surface area contributed by atoms with Gasteiger partial charge in [0.2, 0.25) is 10.0 Å². The molecule has 1 aromatic carbocycles. The minimum absolute atomic E-state index is 0.147. The molecule has 5 nitrogen and oxygen atoms in total. The van der Waals surface area contributed by atoms with Crippen LogP contribution in [0.5, 0.6) is 0 Å². The maximum absolute atomic E-state index is 12.8. The smallest absolute Gasteiger partial charge is 0.243 e. The van der Waals surface area contributed by atoms with E-state index in [4.69, 9.17) is 4.74 Å². The van der Waals surface area contributed by atoms with Gasteiger partial charge >= 0.3 is 0 Å². The second-order valence-corrected chi connectivity index (χ2v) is 7.58. The number of benzene rings is 1. The molecule has 0 atom stereocenters. The summed E-state index contributed by atoms with van der Waals surface area (Å²) >= 11 is 0. The van der Waals surface area contributed by atoms with Gasteiger partial charge in [-0.1, -0.05) is 6.07 Å². The van der Waals surface area contributed by atoms with Gasteiger partial charge in [-0.3, -0.25) is 0 Å². The molecule has 0 spiro atoms. The molecule has 21 heavy (non-hydrogen) atoms. The summed E-state index contributed by atoms with van der Waals surface area (Å²) in [4.78, 5) is 0.388. The molecule has 2 aliphatic rings. The third-order valence-corrected chi connectivity index (χ3v) is 6.04. The lowest BCUT2D eigenvalue weighted by molar-refractivity contribution is 0.177. The van der Waals surface area contributed by atoms with Gasteiger partial charge in [0, 0.05) is 31.9 Å². The molecule has 0 radical (unpaired) electrons. The molecule has 6 heteroatoms. The van der Waals surface area contributed by atoms with Crippen molar-refractivity contribution in [3.8, 4) is 0 Å². The summed E-state index contributed by atoms with van der Waals surface area (Å²) in [7, 11) is -1.83. The standard InChI is InChI=1S/C15H22N2O3S/c1-20-10-9-17(13-5-6-13)21(18,19)14-7-4-12-3-2-8-16-15(12)11-14/h4,7,11,13,16H,2-3,5-6,8-10H2,1H3. The van der Waals surface area contributed by atoms with E-state index in [0.29, 0.717) is 18.0 Å². The van der Waals surface area contributed by atoms with Gasteiger partial charge in [-0.2, -0.15) is 4.31 Å². The molecular formula is C15H22N2O3S. The van der Waals surface area contributed by atoms with E-state index in [1.165, 1.54) is 5.56 Å². The zero-order valence-electron chi connectivity index (χ0n) is 12.3. The lowest BCUT2D eigenvalue weighted by Gasteiger charge is -2.23. The van der Waals surface area contributed by atoms with E-state index in [1.807, 2.05) is 6.07 Å². The van der Waals surface area contributed by atoms with Gasteiger partial charge in [0.1, 0.15) is 0 Å². The molecule has 0 saturated heterocycles. The maximum atomic E-state index is 12.8. The first kappa shape index (κ1) is 14.8. The highest BCUT2D eigenvalue weighted by Crippen LogP contribution is 2.33. The Morgan fingerprint density at radius 3 is 2.90 bits per heavy atom. The van der Waals surface area contributed by atoms with Crippen LogP contribution in [0.3, 0.4) is 0 Å². The SMILES string of the molecule is COCCN(C1CC1)S(=O)(=O)c1ccc2c(c1)NCCC2. The van der Waals surface area contributed by atoms with Crippen molar-refractivity contribution in [2.75, 3.05) is 32.1 Å². The van der Waals surface area contributed by atoms with Gasteiger partial charge in [0.05, 0.1) is 11.5 Å². The Hall–Kier alpha value is -1.11. The van der Waals surface area contributed by atoms with Crippen molar-refractivity contribution in [2.24, 2.45) is 0 Å². The van der Waals surface area contributed by atoms with Crippen LogP contribution in [-0.4, -0.2) is 45.6 Å². The molecule has 1 aromatic rings. The van der Waals surface area contributed by atoms with Crippen molar-refractivity contribution in [1.29, 1.82) is 0 Å². The van der Waals surface area contributed by atoms with E-state index in [-0.39, 0.29) is 6.04 Å². The van der Waals surface area contributed by atoms with Gasteiger partial charge in [-0.25, -0.2) is 8.42 Å². The van der Waals surface area contributed by atoms with E-state index < -0.39 is 10.0 Å². The fourth-order valence-electron chi connectivity index (χ4n) is 2.78. The third-order valence-electron chi connectivity index (χ3n) is 4.10. The number of aryl methyl sites for hydroxylation is 1. The number of rotatable bonds is 6. The molecule has 0 amide bonds. The van der Waals surface area contributed by atoms with Gasteiger partial charge in [0.25, 0.3) is 0 Å². The number of hydrogen-bond donors (Lipinski definition) is 1. The van der Waals surface area contributed by atoms with Crippen molar-refractivity contribution in [1.82, 2.24) is 4.31 Å². The quantitative estimate of drug-likeness (QED) is 0.871. The van der Waals surface area contributed by atoms with E-state index >= 15 is 0 Å². The van der Waals surface area contributed by atoms with Crippen LogP contribution in [0, 0.1) is 0 Å². The Labute approximate surface area is 126 Å². The molecular weight excluding hydrogens is 288 g/mol. The molecule has 1 heterocycles. The van der Waals surface area contributed by atoms with Crippen molar-refractivity contribution in [3.63, 3.8) is 0 Å². The van der Waals surface area contributed by atoms with Crippen molar-refractivity contribution in [2.45, 2.75) is 36.6 Å². The Kier molecular flexibility index (Phi) is 4.19. The Morgan fingerprint density at radius 1 is 1.38 bits per heavy atom. The molecule has 1 N–H and O–H groups in total. The normalized spacial score (nSPS) is 18.4. The van der Waals surface area contributed by atoms with Crippen LogP contribution in [0.4, 0.5) is 5.69 Å². The van der Waals surface area contributed by atoms with Crippen LogP contribution in [0.2, 0.25) is 0 Å². The summed E-state index contributed by atoms with van der Waals surface area (Å²) in [6.45, 7) is 1.76. The molecule has 1 fully saturated rings. The minimum atomic E-state index is -3.43. The summed E-state index contributed by atoms with van der Waals surface area (Å²) in [5, 5.41) is 3.29. The predicted molar refractivity (Wildman–Crippen MR) is 82.0 cm³/mol. The molecule has 0 unspecified atom stereocenters. The third kappa shape index (κ3) is 3.07. The summed E-state index contributed by atoms with van der Waals surface area (Å²) in [5.74, 6) is 0. The number of ether oxygens (including phenoxy) is 1. The lowest BCUT2D eigenvalue weighted by atomic mass is 10.0. The highest BCUT2D eigenvalue weighted by Gasteiger charge is 2.37. The zero-order chi connectivity index (χ0) is 14.9. The molecule has 0 bridgehead atoms. The van der Waals surface area contributed by atoms with Crippen LogP contribution in [-0.2, 0) is 21.2 Å². The molecule has 3 rings (SSSR count). The van der Waals surface area contributed by atoms with Crippen molar-refractivity contribution < 1.29 is 13.2 Å². The molecule has 1 saturated carbocycles. The fraction of sp³-hybridized carbons (Fsp3) is 0.600. The lowest BCUT2D eigenvalue weighted by Crippen LogP contribution is -2.35. The number of hydrogen-bond acceptors (Lipinski definition) is 4. The monoisotopic (exact) mass is 310 g/mol. The molecule has 0 aromatic heterocycles. The van der Waals surface area contributed by atoms with Crippen LogP contribution < -0.4 is 5.32 Å². The number of nitrogens with one attached hydrogen (secondary N) is 1. The van der Waals surface area contributed by atoms with Crippen LogP contribution in [0.25, 0.3) is 0 Å². The second-order valence-electron chi connectivity index (χ2n) is 5.69. The van der Waals surface area contributed by atoms with E-state index in [1.54, 1.807) is 23.5 Å². The first-order valence-corrected chi connectivity index (χ1v) is 8.94. The highest BCUT2D eigenvalue weighted by molar-refractivity contribution is 7.89. The number of nitrogens with zero attached hydrogens (tertiary/aromatic N) is 1. The maximum Gasteiger partial charge on any atom is 0.243 e. The van der Waals surface area contributed by atoms with E-state index in [9.17, 15) is 8.42 Å². The second kappa shape index (κ2) is 5.94. The average molecular weight is 310 g/mol. The van der Waals surface area contributed by atoms with Crippen LogP contribution in [0.1, 0.15) is 24.8 Å². The number of fused-ring (bicyclic) bond motifs is 1. The van der Waals surface area contributed by atoms with Crippen LogP contribution >= 0.6 is 0 Å². The van der Waals surface area contributed by atoms with Crippen LogP contribution in [0.15, 0.2) is 23.1 Å². The summed E-state index contributed by atoms with van der Waals surface area (Å²) < 4.78 is 32.3. The Balaban J connectivity index is 1.89. The minimum Gasteiger partial charge on any atom is -0.385 e. The topological polar surface area (TPSA) is 58.6 Å². The first-order chi connectivity index (χ1) is 10.1. The highest BCUT2D eigenvalue weighted by atomic mass is 32.2. The van der Waals surface area contributed by atoms with Crippen molar-refractivity contribution in [3.05, 3.63) is 23.8 Å². The number of anilines is 1. The van der Waals surface area contributed by atoms with E-state index in [2.05, 4.69) is 5.32 Å². The Bertz CT molecular complexity index is 611. The molecule has 1 aliphatic heterocycles. The van der Waals surface area contributed by atoms with Gasteiger partial charge in [-0.05, 0) is 43.4 Å². The van der Waals surface area contributed by atoms with Crippen molar-refractivity contribution >= 4 is 15.7 Å². The number of sulfonamides is 1. The number of methoxy groups -OCH3 is 1. The molecule has 116 valence electrons. The molecule has 1 aliphatic carbocycles. The Morgan fingerprint density at radius 2 is 2.19 bits per heavy atom. The summed E-state index contributed by atoms with van der Waals surface area (Å²) in [6, 6.07) is 5.61. The summed E-state index contributed by atoms with van der Waals surface area (Å²) in [5.41, 5.74) is 2.17. The van der Waals surface area contributed by atoms with Gasteiger partial charge in [-0.15, -0.1) is 0 Å². The summed E-state index contributed by atoms with van der Waals surface area (Å²) in [6.07, 6.45) is 4.01. The van der Waals surface area contributed by atoms with E-state index in [0.717, 1.165) is 37.9 Å². The largest absolute Gasteiger partial charge is 0.385 e. The van der Waals surface area contributed by atoms with Gasteiger partial charge in [0.15, 0.2) is 0 Å². The average Bonchev–Trinajstić information content (AvgIpc) is 3.31. The predicted octanol–water partition coefficient (Wildman–Crippen LogP) is 1.84.